The number of aryl methyl sites for hydroxylation is 2. The molecule has 8 heteroatoms. The van der Waals surface area contributed by atoms with Crippen LogP contribution in [0.5, 0.6) is 0 Å². The molecule has 162 valence electrons. The van der Waals surface area contributed by atoms with E-state index >= 15 is 0 Å². The highest BCUT2D eigenvalue weighted by molar-refractivity contribution is 5.97. The third kappa shape index (κ3) is 3.20. The Bertz CT molecular complexity index is 1480. The molecule has 0 bridgehead atoms. The number of carbonyl (C=O) groups is 1. The van der Waals surface area contributed by atoms with Crippen LogP contribution in [0.15, 0.2) is 53.5 Å². The summed E-state index contributed by atoms with van der Waals surface area (Å²) in [6, 6.07) is 12.8. The molecule has 0 radical (unpaired) electrons. The van der Waals surface area contributed by atoms with Crippen LogP contribution in [-0.4, -0.2) is 51.1 Å². The van der Waals surface area contributed by atoms with Crippen molar-refractivity contribution in [3.05, 3.63) is 81.2 Å². The Morgan fingerprint density at radius 2 is 1.78 bits per heavy atom. The monoisotopic (exact) mass is 429 g/mol. The first kappa shape index (κ1) is 20.1. The topological polar surface area (TPSA) is 92.7 Å². The van der Waals surface area contributed by atoms with Gasteiger partial charge in [0.15, 0.2) is 5.65 Å². The van der Waals surface area contributed by atoms with E-state index < -0.39 is 0 Å². The lowest BCUT2D eigenvalue weighted by Crippen LogP contribution is -2.43. The molecule has 0 unspecified atom stereocenters. The Balaban J connectivity index is 1.87. The number of nitrogens with one attached hydrogen (secondary N) is 1. The molecule has 32 heavy (non-hydrogen) atoms. The van der Waals surface area contributed by atoms with E-state index in [0.29, 0.717) is 48.7 Å². The van der Waals surface area contributed by atoms with E-state index in [1.807, 2.05) is 44.2 Å². The highest BCUT2D eigenvalue weighted by atomic mass is 16.5. The Morgan fingerprint density at radius 3 is 2.50 bits per heavy atom. The largest absolute Gasteiger partial charge is 0.378 e. The number of morpholine rings is 1. The number of fused-ring (bicyclic) bond motifs is 2. The third-order valence-corrected chi connectivity index (χ3v) is 5.86. The molecule has 5 rings (SSSR count). The number of nitrogens with zero attached hydrogens (tertiary/aromatic N) is 4. The number of benzene rings is 1. The van der Waals surface area contributed by atoms with E-state index in [1.165, 1.54) is 10.5 Å². The second-order valence-electron chi connectivity index (χ2n) is 8.02. The standard InChI is InChI=1S/C24H23N5O3/c1-15-5-7-17(8-6-15)29-20(25)18(23(30)27-10-12-32-13-11-27)14-19-22(29)26-21-16(2)4-3-9-28(21)24(19)31/h3-9,14,25H,10-13H2,1-2H3. The second kappa shape index (κ2) is 7.72. The SMILES string of the molecule is Cc1ccc(-n2c(=N)c(C(=O)N3CCOCC3)cc3c(=O)n4cccc(C)c4nc32)cc1. The second-order valence-corrected chi connectivity index (χ2v) is 8.02. The van der Waals surface area contributed by atoms with Crippen LogP contribution >= 0.6 is 0 Å². The lowest BCUT2D eigenvalue weighted by atomic mass is 10.1. The van der Waals surface area contributed by atoms with Gasteiger partial charge in [-0.05, 0) is 43.7 Å². The fourth-order valence-corrected chi connectivity index (χ4v) is 4.08. The van der Waals surface area contributed by atoms with Crippen LogP contribution in [0.4, 0.5) is 0 Å². The molecule has 3 aromatic heterocycles. The molecule has 1 fully saturated rings. The summed E-state index contributed by atoms with van der Waals surface area (Å²) in [4.78, 5) is 33.2. The van der Waals surface area contributed by atoms with Gasteiger partial charge in [0.2, 0.25) is 0 Å². The highest BCUT2D eigenvalue weighted by Crippen LogP contribution is 2.18. The van der Waals surface area contributed by atoms with Crippen molar-refractivity contribution in [2.45, 2.75) is 13.8 Å². The van der Waals surface area contributed by atoms with Crippen molar-refractivity contribution in [2.24, 2.45) is 0 Å². The molecule has 1 amide bonds. The van der Waals surface area contributed by atoms with Crippen molar-refractivity contribution >= 4 is 22.6 Å². The molecule has 1 aromatic carbocycles. The number of amides is 1. The Morgan fingerprint density at radius 1 is 1.06 bits per heavy atom. The summed E-state index contributed by atoms with van der Waals surface area (Å²) in [6.07, 6.45) is 1.67. The first-order chi connectivity index (χ1) is 15.5. The molecular weight excluding hydrogens is 406 g/mol. The number of rotatable bonds is 2. The average molecular weight is 429 g/mol. The predicted octanol–water partition coefficient (Wildman–Crippen LogP) is 2.21. The number of pyridine rings is 2. The van der Waals surface area contributed by atoms with Gasteiger partial charge in [-0.25, -0.2) is 4.98 Å². The highest BCUT2D eigenvalue weighted by Gasteiger charge is 2.24. The molecule has 1 saturated heterocycles. The van der Waals surface area contributed by atoms with Gasteiger partial charge in [-0.15, -0.1) is 0 Å². The summed E-state index contributed by atoms with van der Waals surface area (Å²) in [7, 11) is 0. The molecule has 1 aliphatic rings. The van der Waals surface area contributed by atoms with Crippen molar-refractivity contribution < 1.29 is 9.53 Å². The van der Waals surface area contributed by atoms with E-state index in [2.05, 4.69) is 0 Å². The van der Waals surface area contributed by atoms with E-state index in [0.717, 1.165) is 11.1 Å². The normalized spacial score (nSPS) is 14.2. The maximum absolute atomic E-state index is 13.4. The molecular formula is C24H23N5O3. The number of ether oxygens (including phenoxy) is 1. The van der Waals surface area contributed by atoms with Crippen LogP contribution in [0.25, 0.3) is 22.4 Å². The lowest BCUT2D eigenvalue weighted by Gasteiger charge is -2.27. The Kier molecular flexibility index (Phi) is 4.86. The lowest BCUT2D eigenvalue weighted by molar-refractivity contribution is 0.0301. The number of hydrogen-bond acceptors (Lipinski definition) is 5. The van der Waals surface area contributed by atoms with E-state index in [9.17, 15) is 9.59 Å². The van der Waals surface area contributed by atoms with Crippen LogP contribution in [0, 0.1) is 19.3 Å². The predicted molar refractivity (Wildman–Crippen MR) is 120 cm³/mol. The van der Waals surface area contributed by atoms with Crippen LogP contribution in [-0.2, 0) is 4.74 Å². The zero-order chi connectivity index (χ0) is 22.4. The van der Waals surface area contributed by atoms with E-state index in [-0.39, 0.29) is 22.5 Å². The summed E-state index contributed by atoms with van der Waals surface area (Å²) in [5, 5.41) is 9.23. The van der Waals surface area contributed by atoms with E-state index in [4.69, 9.17) is 15.1 Å². The Labute approximate surface area is 183 Å². The maximum Gasteiger partial charge on any atom is 0.267 e. The summed E-state index contributed by atoms with van der Waals surface area (Å²) in [6.45, 7) is 5.69. The van der Waals surface area contributed by atoms with E-state index in [1.54, 1.807) is 21.7 Å². The number of carbonyl (C=O) groups excluding carboxylic acids is 1. The first-order valence-electron chi connectivity index (χ1n) is 10.5. The van der Waals surface area contributed by atoms with Gasteiger partial charge in [0, 0.05) is 25.0 Å². The molecule has 0 spiro atoms. The van der Waals surface area contributed by atoms with Gasteiger partial charge in [-0.1, -0.05) is 23.8 Å². The van der Waals surface area contributed by atoms with Gasteiger partial charge < -0.3 is 9.64 Å². The van der Waals surface area contributed by atoms with Gasteiger partial charge in [0.1, 0.15) is 11.1 Å². The molecule has 0 aliphatic carbocycles. The summed E-state index contributed by atoms with van der Waals surface area (Å²) >= 11 is 0. The zero-order valence-corrected chi connectivity index (χ0v) is 18.0. The maximum atomic E-state index is 13.4. The fourth-order valence-electron chi connectivity index (χ4n) is 4.08. The van der Waals surface area contributed by atoms with Gasteiger partial charge in [-0.3, -0.25) is 24.0 Å². The quantitative estimate of drug-likeness (QED) is 0.495. The van der Waals surface area contributed by atoms with Crippen molar-refractivity contribution in [3.63, 3.8) is 0 Å². The molecule has 8 nitrogen and oxygen atoms in total. The summed E-state index contributed by atoms with van der Waals surface area (Å²) < 4.78 is 8.44. The number of hydrogen-bond donors (Lipinski definition) is 1. The average Bonchev–Trinajstić information content (AvgIpc) is 2.81. The van der Waals surface area contributed by atoms with Crippen LogP contribution in [0.3, 0.4) is 0 Å². The Hall–Kier alpha value is -3.78. The minimum atomic E-state index is -0.283. The minimum Gasteiger partial charge on any atom is -0.378 e. The van der Waals surface area contributed by atoms with Gasteiger partial charge in [0.25, 0.3) is 11.5 Å². The summed E-state index contributed by atoms with van der Waals surface area (Å²) in [5.74, 6) is -0.283. The van der Waals surface area contributed by atoms with Crippen LogP contribution < -0.4 is 11.0 Å². The van der Waals surface area contributed by atoms with Gasteiger partial charge >= 0.3 is 0 Å². The molecule has 1 aliphatic heterocycles. The fraction of sp³-hybridized carbons (Fsp3) is 0.250. The van der Waals surface area contributed by atoms with Crippen LogP contribution in [0.2, 0.25) is 0 Å². The van der Waals surface area contributed by atoms with Crippen molar-refractivity contribution in [3.8, 4) is 5.69 Å². The third-order valence-electron chi connectivity index (χ3n) is 5.86. The summed E-state index contributed by atoms with van der Waals surface area (Å²) in [5.41, 5.74) is 3.38. The minimum absolute atomic E-state index is 0.00248. The van der Waals surface area contributed by atoms with Gasteiger partial charge in [-0.2, -0.15) is 0 Å². The van der Waals surface area contributed by atoms with Crippen LogP contribution in [0.1, 0.15) is 21.5 Å². The molecule has 0 saturated carbocycles. The van der Waals surface area contributed by atoms with Crippen molar-refractivity contribution in [1.82, 2.24) is 18.9 Å². The smallest absolute Gasteiger partial charge is 0.267 e. The first-order valence-corrected chi connectivity index (χ1v) is 10.5. The van der Waals surface area contributed by atoms with Gasteiger partial charge in [0.05, 0.1) is 24.2 Å². The molecule has 0 atom stereocenters. The van der Waals surface area contributed by atoms with Crippen molar-refractivity contribution in [1.29, 1.82) is 5.41 Å². The number of aromatic nitrogens is 3. The zero-order valence-electron chi connectivity index (χ0n) is 18.0. The molecule has 1 N–H and O–H groups in total. The van der Waals surface area contributed by atoms with Crippen molar-refractivity contribution in [2.75, 3.05) is 26.3 Å². The molecule has 4 heterocycles. The molecule has 4 aromatic rings.